The minimum Gasteiger partial charge on any atom is -0.480 e. The molecule has 1 aromatic rings. The summed E-state index contributed by atoms with van der Waals surface area (Å²) in [6.07, 6.45) is 1.09. The monoisotopic (exact) mass is 259 g/mol. The second kappa shape index (κ2) is 5.15. The Kier molecular flexibility index (Phi) is 4.08. The molecule has 1 unspecified atom stereocenters. The number of benzene rings is 1. The lowest BCUT2D eigenvalue weighted by molar-refractivity contribution is -0.138. The first-order valence-electron chi connectivity index (χ1n) is 4.75. The van der Waals surface area contributed by atoms with Crippen molar-refractivity contribution in [3.63, 3.8) is 0 Å². The number of hydrogen-bond donors (Lipinski definition) is 3. The van der Waals surface area contributed by atoms with Crippen molar-refractivity contribution in [3.05, 3.63) is 24.3 Å². The van der Waals surface area contributed by atoms with Crippen LogP contribution in [-0.4, -0.2) is 43.5 Å². The highest BCUT2D eigenvalue weighted by Gasteiger charge is 2.15. The Hall–Kier alpha value is -1.60. The SMILES string of the molecule is CS(=O)(=O)c1ccc(NC(CO)C(=O)O)cc1. The minimum absolute atomic E-state index is 0.152. The van der Waals surface area contributed by atoms with Gasteiger partial charge in [0.25, 0.3) is 0 Å². The van der Waals surface area contributed by atoms with E-state index in [0.29, 0.717) is 5.69 Å². The number of aliphatic carboxylic acids is 1. The topological polar surface area (TPSA) is 104 Å². The third-order valence-corrected chi connectivity index (χ3v) is 3.23. The number of hydrogen-bond acceptors (Lipinski definition) is 5. The standard InChI is InChI=1S/C10H13NO5S/c1-17(15,16)8-4-2-7(3-5-8)11-9(6-12)10(13)14/h2-5,9,11-12H,6H2,1H3,(H,13,14). The number of rotatable bonds is 5. The summed E-state index contributed by atoms with van der Waals surface area (Å²) in [7, 11) is -3.26. The van der Waals surface area contributed by atoms with Gasteiger partial charge in [-0.05, 0) is 24.3 Å². The molecule has 0 spiro atoms. The number of aliphatic hydroxyl groups excluding tert-OH is 1. The molecule has 0 aromatic heterocycles. The molecule has 0 bridgehead atoms. The van der Waals surface area contributed by atoms with Gasteiger partial charge in [0.15, 0.2) is 9.84 Å². The van der Waals surface area contributed by atoms with Gasteiger partial charge >= 0.3 is 5.97 Å². The lowest BCUT2D eigenvalue weighted by atomic mass is 10.2. The van der Waals surface area contributed by atoms with Gasteiger partial charge < -0.3 is 15.5 Å². The summed E-state index contributed by atoms with van der Waals surface area (Å²) in [6, 6.07) is 4.52. The molecule has 0 saturated carbocycles. The van der Waals surface area contributed by atoms with E-state index in [4.69, 9.17) is 10.2 Å². The van der Waals surface area contributed by atoms with Gasteiger partial charge in [-0.3, -0.25) is 0 Å². The van der Waals surface area contributed by atoms with Crippen LogP contribution in [0, 0.1) is 0 Å². The van der Waals surface area contributed by atoms with E-state index in [1.807, 2.05) is 0 Å². The van der Waals surface area contributed by atoms with Gasteiger partial charge in [-0.25, -0.2) is 13.2 Å². The van der Waals surface area contributed by atoms with Crippen molar-refractivity contribution in [1.29, 1.82) is 0 Å². The van der Waals surface area contributed by atoms with E-state index in [1.165, 1.54) is 24.3 Å². The predicted molar refractivity (Wildman–Crippen MR) is 61.7 cm³/mol. The molecule has 6 nitrogen and oxygen atoms in total. The Morgan fingerprint density at radius 2 is 1.88 bits per heavy atom. The molecule has 0 aliphatic rings. The summed E-state index contributed by atoms with van der Waals surface area (Å²) in [4.78, 5) is 10.8. The molecule has 1 rings (SSSR count). The lowest BCUT2D eigenvalue weighted by Gasteiger charge is -2.13. The highest BCUT2D eigenvalue weighted by atomic mass is 32.2. The zero-order valence-electron chi connectivity index (χ0n) is 9.12. The van der Waals surface area contributed by atoms with Gasteiger partial charge in [-0.15, -0.1) is 0 Å². The van der Waals surface area contributed by atoms with E-state index >= 15 is 0 Å². The normalized spacial score (nSPS) is 13.1. The maximum atomic E-state index is 11.2. The molecule has 3 N–H and O–H groups in total. The van der Waals surface area contributed by atoms with Crippen LogP contribution < -0.4 is 5.32 Å². The van der Waals surface area contributed by atoms with E-state index in [0.717, 1.165) is 6.26 Å². The molecule has 7 heteroatoms. The van der Waals surface area contributed by atoms with Gasteiger partial charge in [0.1, 0.15) is 6.04 Å². The molecule has 17 heavy (non-hydrogen) atoms. The van der Waals surface area contributed by atoms with Gasteiger partial charge in [0.2, 0.25) is 0 Å². The van der Waals surface area contributed by atoms with E-state index in [-0.39, 0.29) is 4.90 Å². The zero-order valence-corrected chi connectivity index (χ0v) is 9.94. The average molecular weight is 259 g/mol. The smallest absolute Gasteiger partial charge is 0.328 e. The lowest BCUT2D eigenvalue weighted by Crippen LogP contribution is -2.32. The van der Waals surface area contributed by atoms with Gasteiger partial charge in [-0.2, -0.15) is 0 Å². The number of carboxylic acid groups (broad SMARTS) is 1. The molecular weight excluding hydrogens is 246 g/mol. The van der Waals surface area contributed by atoms with Crippen LogP contribution in [0.25, 0.3) is 0 Å². The summed E-state index contributed by atoms with van der Waals surface area (Å²) >= 11 is 0. The van der Waals surface area contributed by atoms with E-state index < -0.39 is 28.5 Å². The predicted octanol–water partition coefficient (Wildman–Crippen LogP) is -0.0525. The average Bonchev–Trinajstić information content (AvgIpc) is 2.25. The van der Waals surface area contributed by atoms with Crippen LogP contribution in [0.1, 0.15) is 0 Å². The molecule has 1 atom stereocenters. The first kappa shape index (κ1) is 13.5. The van der Waals surface area contributed by atoms with Crippen molar-refractivity contribution in [2.24, 2.45) is 0 Å². The van der Waals surface area contributed by atoms with Gasteiger partial charge in [0, 0.05) is 11.9 Å². The van der Waals surface area contributed by atoms with Crippen LogP contribution in [0.2, 0.25) is 0 Å². The fourth-order valence-electron chi connectivity index (χ4n) is 1.19. The van der Waals surface area contributed by atoms with Crippen LogP contribution in [0.4, 0.5) is 5.69 Å². The molecule has 0 aliphatic heterocycles. The minimum atomic E-state index is -3.26. The zero-order chi connectivity index (χ0) is 13.1. The second-order valence-corrected chi connectivity index (χ2v) is 5.53. The van der Waals surface area contributed by atoms with Crippen molar-refractivity contribution in [2.45, 2.75) is 10.9 Å². The second-order valence-electron chi connectivity index (χ2n) is 3.51. The van der Waals surface area contributed by atoms with Crippen molar-refractivity contribution >= 4 is 21.5 Å². The Balaban J connectivity index is 2.85. The summed E-state index contributed by atoms with van der Waals surface area (Å²) in [5.74, 6) is -1.18. The van der Waals surface area contributed by atoms with Crippen molar-refractivity contribution in [2.75, 3.05) is 18.2 Å². The fourth-order valence-corrected chi connectivity index (χ4v) is 1.82. The summed E-state index contributed by atoms with van der Waals surface area (Å²) in [5.41, 5.74) is 0.429. The van der Waals surface area contributed by atoms with Crippen LogP contribution in [0.3, 0.4) is 0 Å². The third kappa shape index (κ3) is 3.72. The maximum Gasteiger partial charge on any atom is 0.328 e. The summed E-state index contributed by atoms with van der Waals surface area (Å²) < 4.78 is 22.4. The van der Waals surface area contributed by atoms with Crippen LogP contribution in [0.15, 0.2) is 29.2 Å². The van der Waals surface area contributed by atoms with Crippen molar-refractivity contribution < 1.29 is 23.4 Å². The van der Waals surface area contributed by atoms with E-state index in [1.54, 1.807) is 0 Å². The molecule has 0 amide bonds. The Bertz CT molecular complexity index is 494. The molecule has 1 aromatic carbocycles. The first-order valence-corrected chi connectivity index (χ1v) is 6.64. The molecule has 0 radical (unpaired) electrons. The van der Waals surface area contributed by atoms with E-state index in [9.17, 15) is 13.2 Å². The number of carboxylic acids is 1. The number of carbonyl (C=O) groups is 1. The number of sulfone groups is 1. The molecule has 94 valence electrons. The number of aliphatic hydroxyl groups is 1. The molecule has 0 fully saturated rings. The number of anilines is 1. The molecule has 0 aliphatic carbocycles. The highest BCUT2D eigenvalue weighted by molar-refractivity contribution is 7.90. The van der Waals surface area contributed by atoms with Crippen molar-refractivity contribution in [3.8, 4) is 0 Å². The van der Waals surface area contributed by atoms with Crippen LogP contribution >= 0.6 is 0 Å². The summed E-state index contributed by atoms with van der Waals surface area (Å²) in [6.45, 7) is -0.552. The largest absolute Gasteiger partial charge is 0.480 e. The molecular formula is C10H13NO5S. The van der Waals surface area contributed by atoms with Gasteiger partial charge in [0.05, 0.1) is 11.5 Å². The van der Waals surface area contributed by atoms with Crippen LogP contribution in [-0.2, 0) is 14.6 Å². The van der Waals surface area contributed by atoms with Crippen molar-refractivity contribution in [1.82, 2.24) is 0 Å². The number of nitrogens with one attached hydrogen (secondary N) is 1. The maximum absolute atomic E-state index is 11.2. The Labute approximate surface area is 98.8 Å². The molecule has 0 saturated heterocycles. The highest BCUT2D eigenvalue weighted by Crippen LogP contribution is 2.14. The first-order chi connectivity index (χ1) is 7.84. The van der Waals surface area contributed by atoms with E-state index in [2.05, 4.69) is 5.32 Å². The quantitative estimate of drug-likeness (QED) is 0.685. The molecule has 0 heterocycles. The summed E-state index contributed by atoms with van der Waals surface area (Å²) in [5, 5.41) is 20.1. The van der Waals surface area contributed by atoms with Gasteiger partial charge in [-0.1, -0.05) is 0 Å². The third-order valence-electron chi connectivity index (χ3n) is 2.10. The Morgan fingerprint density at radius 3 is 2.24 bits per heavy atom. The Morgan fingerprint density at radius 1 is 1.35 bits per heavy atom. The fraction of sp³-hybridized carbons (Fsp3) is 0.300. The van der Waals surface area contributed by atoms with Crippen LogP contribution in [0.5, 0.6) is 0 Å².